The van der Waals surface area contributed by atoms with Gasteiger partial charge in [0.15, 0.2) is 0 Å². The van der Waals surface area contributed by atoms with E-state index in [4.69, 9.17) is 0 Å². The molecule has 25 heavy (non-hydrogen) atoms. The highest BCUT2D eigenvalue weighted by Crippen LogP contribution is 2.54. The average Bonchev–Trinajstić information content (AvgIpc) is 3.03. The van der Waals surface area contributed by atoms with Crippen molar-refractivity contribution in [2.75, 3.05) is 19.3 Å². The Balaban J connectivity index is 1.36. The molecule has 2 aromatic rings. The number of rotatable bonds is 4. The minimum absolute atomic E-state index is 0.0494. The number of hydrogen-bond acceptors (Lipinski definition) is 3. The van der Waals surface area contributed by atoms with Crippen LogP contribution in [0.4, 0.5) is 0 Å². The van der Waals surface area contributed by atoms with Gasteiger partial charge in [0.05, 0.1) is 12.7 Å². The molecule has 0 bridgehead atoms. The van der Waals surface area contributed by atoms with Gasteiger partial charge in [-0.05, 0) is 36.3 Å². The smallest absolute Gasteiger partial charge is 0.227 e. The Morgan fingerprint density at radius 1 is 1.32 bits per heavy atom. The van der Waals surface area contributed by atoms with Crippen LogP contribution in [0.15, 0.2) is 30.5 Å². The van der Waals surface area contributed by atoms with E-state index in [2.05, 4.69) is 9.71 Å². The van der Waals surface area contributed by atoms with Gasteiger partial charge in [-0.15, -0.1) is 0 Å². The number of nitrogens with one attached hydrogen (secondary N) is 2. The van der Waals surface area contributed by atoms with Gasteiger partial charge in [0, 0.05) is 36.2 Å². The standard InChI is InChI=1S/C18H23N3O3S/c1-25(23,24)20-16-11-18(16)6-8-21(9-7-18)17(22)10-13-12-19-15-5-3-2-4-14(13)15/h2-5,12,16,19-20H,6-11H2,1H3/t16-/m0/s1. The summed E-state index contributed by atoms with van der Waals surface area (Å²) < 4.78 is 25.5. The number of sulfonamides is 1. The number of H-pyrrole nitrogens is 1. The average molecular weight is 361 g/mol. The van der Waals surface area contributed by atoms with Crippen molar-refractivity contribution in [1.82, 2.24) is 14.6 Å². The Labute approximate surface area is 147 Å². The summed E-state index contributed by atoms with van der Waals surface area (Å²) in [6.07, 6.45) is 6.17. The number of piperidine rings is 1. The van der Waals surface area contributed by atoms with Crippen molar-refractivity contribution in [1.29, 1.82) is 0 Å². The van der Waals surface area contributed by atoms with Crippen molar-refractivity contribution < 1.29 is 13.2 Å². The molecule has 2 fully saturated rings. The minimum Gasteiger partial charge on any atom is -0.361 e. The number of aromatic nitrogens is 1. The second-order valence-electron chi connectivity index (χ2n) is 7.43. The highest BCUT2D eigenvalue weighted by molar-refractivity contribution is 7.88. The summed E-state index contributed by atoms with van der Waals surface area (Å²) in [5.41, 5.74) is 2.15. The largest absolute Gasteiger partial charge is 0.361 e. The van der Waals surface area contributed by atoms with Crippen molar-refractivity contribution in [3.05, 3.63) is 36.0 Å². The zero-order chi connectivity index (χ0) is 17.7. The lowest BCUT2D eigenvalue weighted by Gasteiger charge is -2.33. The number of amides is 1. The number of nitrogens with zero attached hydrogens (tertiary/aromatic N) is 1. The van der Waals surface area contributed by atoms with Gasteiger partial charge in [-0.25, -0.2) is 13.1 Å². The summed E-state index contributed by atoms with van der Waals surface area (Å²) in [4.78, 5) is 17.8. The van der Waals surface area contributed by atoms with E-state index in [1.807, 2.05) is 35.4 Å². The molecule has 2 aliphatic rings. The van der Waals surface area contributed by atoms with Crippen LogP contribution in [0.5, 0.6) is 0 Å². The van der Waals surface area contributed by atoms with Crippen molar-refractivity contribution in [3.63, 3.8) is 0 Å². The maximum atomic E-state index is 12.7. The lowest BCUT2D eigenvalue weighted by molar-refractivity contribution is -0.132. The number of likely N-dealkylation sites (tertiary alicyclic amines) is 1. The van der Waals surface area contributed by atoms with Crippen molar-refractivity contribution in [2.45, 2.75) is 31.7 Å². The van der Waals surface area contributed by atoms with Crippen LogP contribution in [0, 0.1) is 5.41 Å². The van der Waals surface area contributed by atoms with E-state index in [0.29, 0.717) is 19.5 Å². The van der Waals surface area contributed by atoms with E-state index >= 15 is 0 Å². The van der Waals surface area contributed by atoms with Gasteiger partial charge < -0.3 is 9.88 Å². The molecule has 1 amide bonds. The first-order chi connectivity index (χ1) is 11.9. The molecule has 1 atom stereocenters. The van der Waals surface area contributed by atoms with Crippen LogP contribution in [0.3, 0.4) is 0 Å². The van der Waals surface area contributed by atoms with Gasteiger partial charge in [0.25, 0.3) is 0 Å². The number of carbonyl (C=O) groups excluding carboxylic acids is 1. The number of carbonyl (C=O) groups is 1. The monoisotopic (exact) mass is 361 g/mol. The minimum atomic E-state index is -3.16. The van der Waals surface area contributed by atoms with Crippen LogP contribution in [0.2, 0.25) is 0 Å². The number of benzene rings is 1. The third-order valence-electron chi connectivity index (χ3n) is 5.67. The highest BCUT2D eigenvalue weighted by Gasteiger charge is 2.56. The fourth-order valence-corrected chi connectivity index (χ4v) is 4.93. The topological polar surface area (TPSA) is 82.3 Å². The first-order valence-electron chi connectivity index (χ1n) is 8.66. The SMILES string of the molecule is CS(=O)(=O)N[C@H]1CC12CCN(C(=O)Cc1c[nH]c3ccccc13)CC2. The first kappa shape index (κ1) is 16.6. The molecule has 1 aliphatic heterocycles. The lowest BCUT2D eigenvalue weighted by Crippen LogP contribution is -2.42. The van der Waals surface area contributed by atoms with Crippen LogP contribution in [-0.2, 0) is 21.2 Å². The molecular weight excluding hydrogens is 338 g/mol. The van der Waals surface area contributed by atoms with E-state index in [1.54, 1.807) is 0 Å². The summed E-state index contributed by atoms with van der Waals surface area (Å²) in [6, 6.07) is 8.05. The van der Waals surface area contributed by atoms with Crippen molar-refractivity contribution in [2.24, 2.45) is 5.41 Å². The van der Waals surface area contributed by atoms with Crippen LogP contribution in [-0.4, -0.2) is 49.6 Å². The molecule has 1 aromatic carbocycles. The van der Waals surface area contributed by atoms with Gasteiger partial charge in [-0.1, -0.05) is 18.2 Å². The Bertz CT molecular complexity index is 911. The Morgan fingerprint density at radius 2 is 2.04 bits per heavy atom. The molecule has 1 aliphatic carbocycles. The molecule has 1 aromatic heterocycles. The van der Waals surface area contributed by atoms with E-state index in [1.165, 1.54) is 6.26 Å². The van der Waals surface area contributed by atoms with E-state index in [9.17, 15) is 13.2 Å². The van der Waals surface area contributed by atoms with Gasteiger partial charge in [-0.2, -0.15) is 0 Å². The molecule has 6 nitrogen and oxygen atoms in total. The van der Waals surface area contributed by atoms with Gasteiger partial charge >= 0.3 is 0 Å². The fourth-order valence-electron chi connectivity index (χ4n) is 4.08. The van der Waals surface area contributed by atoms with Crippen LogP contribution in [0.1, 0.15) is 24.8 Å². The molecule has 134 valence electrons. The first-order valence-corrected chi connectivity index (χ1v) is 10.6. The molecule has 7 heteroatoms. The molecule has 2 N–H and O–H groups in total. The highest BCUT2D eigenvalue weighted by atomic mass is 32.2. The normalized spacial score (nSPS) is 22.4. The van der Waals surface area contributed by atoms with Crippen molar-refractivity contribution in [3.8, 4) is 0 Å². The quantitative estimate of drug-likeness (QED) is 0.868. The second-order valence-corrected chi connectivity index (χ2v) is 9.21. The Morgan fingerprint density at radius 3 is 2.76 bits per heavy atom. The number of hydrogen-bond donors (Lipinski definition) is 2. The van der Waals surface area contributed by atoms with Gasteiger partial charge in [-0.3, -0.25) is 4.79 Å². The number of aromatic amines is 1. The summed E-state index contributed by atoms with van der Waals surface area (Å²) in [5.74, 6) is 0.146. The Hall–Kier alpha value is -1.86. The molecule has 4 rings (SSSR count). The number of fused-ring (bicyclic) bond motifs is 1. The summed E-state index contributed by atoms with van der Waals surface area (Å²) >= 11 is 0. The predicted octanol–water partition coefficient (Wildman–Crippen LogP) is 1.64. The Kier molecular flexibility index (Phi) is 3.88. The predicted molar refractivity (Wildman–Crippen MR) is 96.6 cm³/mol. The molecule has 0 unspecified atom stereocenters. The molecule has 0 radical (unpaired) electrons. The second kappa shape index (κ2) is 5.85. The molecule has 1 saturated heterocycles. The van der Waals surface area contributed by atoms with E-state index < -0.39 is 10.0 Å². The van der Waals surface area contributed by atoms with Crippen LogP contribution < -0.4 is 4.72 Å². The zero-order valence-electron chi connectivity index (χ0n) is 14.3. The molecule has 1 spiro atoms. The van der Waals surface area contributed by atoms with Crippen molar-refractivity contribution >= 4 is 26.8 Å². The maximum Gasteiger partial charge on any atom is 0.227 e. The summed E-state index contributed by atoms with van der Waals surface area (Å²) in [5, 5.41) is 1.10. The summed E-state index contributed by atoms with van der Waals surface area (Å²) in [7, 11) is -3.16. The lowest BCUT2D eigenvalue weighted by atomic mass is 9.92. The zero-order valence-corrected chi connectivity index (χ0v) is 15.1. The van der Waals surface area contributed by atoms with Gasteiger partial charge in [0.2, 0.25) is 15.9 Å². The third kappa shape index (κ3) is 3.30. The number of para-hydroxylation sites is 1. The molecule has 2 heterocycles. The van der Waals surface area contributed by atoms with E-state index in [0.717, 1.165) is 35.7 Å². The van der Waals surface area contributed by atoms with Crippen LogP contribution >= 0.6 is 0 Å². The maximum absolute atomic E-state index is 12.7. The summed E-state index contributed by atoms with van der Waals surface area (Å²) in [6.45, 7) is 1.42. The fraction of sp³-hybridized carbons (Fsp3) is 0.500. The molecule has 1 saturated carbocycles. The van der Waals surface area contributed by atoms with Crippen LogP contribution in [0.25, 0.3) is 10.9 Å². The molecular formula is C18H23N3O3S. The van der Waals surface area contributed by atoms with Gasteiger partial charge in [0.1, 0.15) is 0 Å². The third-order valence-corrected chi connectivity index (χ3v) is 6.39. The van der Waals surface area contributed by atoms with E-state index in [-0.39, 0.29) is 17.4 Å².